The predicted molar refractivity (Wildman–Crippen MR) is 87.4 cm³/mol. The normalized spacial score (nSPS) is 19.7. The fraction of sp³-hybridized carbons (Fsp3) is 0.714. The van der Waals surface area contributed by atoms with E-state index in [9.17, 15) is 8.42 Å². The number of nitrogens with zero attached hydrogens (tertiary/aromatic N) is 1. The van der Waals surface area contributed by atoms with Gasteiger partial charge in [0, 0.05) is 18.0 Å². The van der Waals surface area contributed by atoms with E-state index in [1.165, 1.54) is 0 Å². The largest absolute Gasteiger partial charge is 0.330 e. The molecule has 7 heteroatoms. The molecule has 1 aliphatic rings. The molecule has 0 saturated carbocycles. The van der Waals surface area contributed by atoms with Crippen LogP contribution in [-0.4, -0.2) is 32.4 Å². The molecule has 0 amide bonds. The highest BCUT2D eigenvalue weighted by molar-refractivity contribution is 7.87. The van der Waals surface area contributed by atoms with Crippen LogP contribution in [0, 0.1) is 5.92 Å². The van der Waals surface area contributed by atoms with Gasteiger partial charge >= 0.3 is 0 Å². The van der Waals surface area contributed by atoms with Crippen molar-refractivity contribution >= 4 is 21.5 Å². The molecule has 5 nitrogen and oxygen atoms in total. The molecule has 1 fully saturated rings. The maximum absolute atomic E-state index is 12.5. The average molecular weight is 332 g/mol. The number of thiophene rings is 1. The van der Waals surface area contributed by atoms with Gasteiger partial charge in [0.25, 0.3) is 10.2 Å². The zero-order valence-corrected chi connectivity index (χ0v) is 14.1. The monoisotopic (exact) mass is 331 g/mol. The maximum atomic E-state index is 12.5. The molecule has 0 bridgehead atoms. The van der Waals surface area contributed by atoms with Gasteiger partial charge in [0.15, 0.2) is 0 Å². The molecule has 2 heterocycles. The lowest BCUT2D eigenvalue weighted by Crippen LogP contribution is -2.46. The minimum atomic E-state index is -3.41. The molecule has 0 aromatic carbocycles. The van der Waals surface area contributed by atoms with Crippen molar-refractivity contribution in [1.82, 2.24) is 9.03 Å². The molecule has 2 rings (SSSR count). The maximum Gasteiger partial charge on any atom is 0.280 e. The van der Waals surface area contributed by atoms with Gasteiger partial charge in [-0.05, 0) is 43.2 Å². The van der Waals surface area contributed by atoms with Crippen molar-refractivity contribution in [3.63, 3.8) is 0 Å². The summed E-state index contributed by atoms with van der Waals surface area (Å²) in [5.41, 5.74) is 5.66. The number of nitrogens with one attached hydrogen (secondary N) is 1. The second kappa shape index (κ2) is 7.69. The van der Waals surface area contributed by atoms with Crippen LogP contribution >= 0.6 is 11.3 Å². The Morgan fingerprint density at radius 1 is 1.48 bits per heavy atom. The summed E-state index contributed by atoms with van der Waals surface area (Å²) in [6.45, 7) is 3.86. The first-order chi connectivity index (χ1) is 10.1. The summed E-state index contributed by atoms with van der Waals surface area (Å²) in [6, 6.07) is 3.84. The van der Waals surface area contributed by atoms with E-state index in [1.54, 1.807) is 15.6 Å². The zero-order valence-electron chi connectivity index (χ0n) is 12.5. The van der Waals surface area contributed by atoms with Crippen LogP contribution < -0.4 is 10.5 Å². The van der Waals surface area contributed by atoms with Crippen molar-refractivity contribution in [2.75, 3.05) is 19.6 Å². The van der Waals surface area contributed by atoms with Crippen LogP contribution in [0.5, 0.6) is 0 Å². The Bertz CT molecular complexity index is 508. The number of nitrogens with two attached hydrogens (primary N) is 1. The van der Waals surface area contributed by atoms with Gasteiger partial charge in [0.1, 0.15) is 0 Å². The fourth-order valence-electron chi connectivity index (χ4n) is 2.68. The highest BCUT2D eigenvalue weighted by Gasteiger charge is 2.29. The van der Waals surface area contributed by atoms with E-state index in [-0.39, 0.29) is 6.04 Å². The summed E-state index contributed by atoms with van der Waals surface area (Å²) >= 11 is 1.60. The van der Waals surface area contributed by atoms with Crippen LogP contribution in [0.25, 0.3) is 0 Å². The Morgan fingerprint density at radius 3 is 2.71 bits per heavy atom. The van der Waals surface area contributed by atoms with Gasteiger partial charge in [0.05, 0.1) is 6.04 Å². The minimum Gasteiger partial charge on any atom is -0.330 e. The van der Waals surface area contributed by atoms with Crippen molar-refractivity contribution in [1.29, 1.82) is 0 Å². The molecule has 1 aromatic rings. The Hall–Kier alpha value is -0.470. The summed E-state index contributed by atoms with van der Waals surface area (Å²) in [7, 11) is -3.41. The third kappa shape index (κ3) is 4.50. The van der Waals surface area contributed by atoms with Crippen molar-refractivity contribution < 1.29 is 8.42 Å². The van der Waals surface area contributed by atoms with Crippen molar-refractivity contribution in [2.24, 2.45) is 11.7 Å². The lowest BCUT2D eigenvalue weighted by molar-refractivity contribution is 0.274. The summed E-state index contributed by atoms with van der Waals surface area (Å²) in [5, 5.41) is 1.99. The van der Waals surface area contributed by atoms with E-state index in [0.29, 0.717) is 25.6 Å². The summed E-state index contributed by atoms with van der Waals surface area (Å²) < 4.78 is 29.5. The molecule has 1 aliphatic heterocycles. The van der Waals surface area contributed by atoms with E-state index in [2.05, 4.69) is 11.6 Å². The van der Waals surface area contributed by atoms with Crippen LogP contribution in [-0.2, 0) is 10.2 Å². The molecule has 3 N–H and O–H groups in total. The van der Waals surface area contributed by atoms with E-state index in [1.807, 2.05) is 17.5 Å². The molecule has 1 atom stereocenters. The second-order valence-electron chi connectivity index (χ2n) is 5.56. The minimum absolute atomic E-state index is 0.118. The van der Waals surface area contributed by atoms with Crippen LogP contribution in [0.2, 0.25) is 0 Å². The van der Waals surface area contributed by atoms with Crippen LogP contribution in [0.3, 0.4) is 0 Å². The standard InChI is InChI=1S/C14H25N3O2S2/c1-2-4-13(14-5-3-10-20-14)16-21(18,19)17-8-6-12(11-15)7-9-17/h3,5,10,12-13,16H,2,4,6-9,11,15H2,1H3. The van der Waals surface area contributed by atoms with Gasteiger partial charge < -0.3 is 5.73 Å². The quantitative estimate of drug-likeness (QED) is 0.803. The number of hydrogen-bond donors (Lipinski definition) is 2. The predicted octanol–water partition coefficient (Wildman–Crippen LogP) is 2.09. The lowest BCUT2D eigenvalue weighted by atomic mass is 9.99. The average Bonchev–Trinajstić information content (AvgIpc) is 3.01. The molecule has 1 unspecified atom stereocenters. The topological polar surface area (TPSA) is 75.4 Å². The van der Waals surface area contributed by atoms with E-state index >= 15 is 0 Å². The third-order valence-electron chi connectivity index (χ3n) is 4.00. The van der Waals surface area contributed by atoms with Crippen molar-refractivity contribution in [3.05, 3.63) is 22.4 Å². The molecule has 21 heavy (non-hydrogen) atoms. The first kappa shape index (κ1) is 16.9. The number of rotatable bonds is 7. The van der Waals surface area contributed by atoms with Crippen LogP contribution in [0.4, 0.5) is 0 Å². The van der Waals surface area contributed by atoms with Gasteiger partial charge in [-0.2, -0.15) is 17.4 Å². The van der Waals surface area contributed by atoms with Gasteiger partial charge in [-0.3, -0.25) is 0 Å². The van der Waals surface area contributed by atoms with Gasteiger partial charge in [0.2, 0.25) is 0 Å². The zero-order chi connectivity index (χ0) is 15.3. The SMILES string of the molecule is CCCC(NS(=O)(=O)N1CCC(CN)CC1)c1cccs1. The molecule has 0 aliphatic carbocycles. The highest BCUT2D eigenvalue weighted by atomic mass is 32.2. The van der Waals surface area contributed by atoms with Crippen molar-refractivity contribution in [3.8, 4) is 0 Å². The van der Waals surface area contributed by atoms with E-state index < -0.39 is 10.2 Å². The van der Waals surface area contributed by atoms with Gasteiger partial charge in [-0.15, -0.1) is 11.3 Å². The van der Waals surface area contributed by atoms with E-state index in [0.717, 1.165) is 30.6 Å². The molecule has 1 saturated heterocycles. The molecule has 120 valence electrons. The molecular weight excluding hydrogens is 306 g/mol. The fourth-order valence-corrected chi connectivity index (χ4v) is 5.01. The summed E-state index contributed by atoms with van der Waals surface area (Å²) in [4.78, 5) is 1.08. The first-order valence-corrected chi connectivity index (χ1v) is 9.89. The van der Waals surface area contributed by atoms with Crippen molar-refractivity contribution in [2.45, 2.75) is 38.6 Å². The van der Waals surface area contributed by atoms with Gasteiger partial charge in [-0.1, -0.05) is 19.4 Å². The van der Waals surface area contributed by atoms with E-state index in [4.69, 9.17) is 5.73 Å². The number of hydrogen-bond acceptors (Lipinski definition) is 4. The summed E-state index contributed by atoms with van der Waals surface area (Å²) in [5.74, 6) is 0.459. The highest BCUT2D eigenvalue weighted by Crippen LogP contribution is 2.25. The number of piperidine rings is 1. The smallest absolute Gasteiger partial charge is 0.280 e. The lowest BCUT2D eigenvalue weighted by Gasteiger charge is -2.31. The Balaban J connectivity index is 2.02. The van der Waals surface area contributed by atoms with Crippen LogP contribution in [0.15, 0.2) is 17.5 Å². The Labute approximate surface area is 131 Å². The first-order valence-electron chi connectivity index (χ1n) is 7.57. The Kier molecular flexibility index (Phi) is 6.19. The second-order valence-corrected chi connectivity index (χ2v) is 8.24. The molecule has 0 radical (unpaired) electrons. The third-order valence-corrected chi connectivity index (χ3v) is 6.62. The molecule has 0 spiro atoms. The summed E-state index contributed by atoms with van der Waals surface area (Å²) in [6.07, 6.45) is 3.48. The molecular formula is C14H25N3O2S2. The molecule has 1 aromatic heterocycles. The van der Waals surface area contributed by atoms with Crippen LogP contribution in [0.1, 0.15) is 43.5 Å². The van der Waals surface area contributed by atoms with Gasteiger partial charge in [-0.25, -0.2) is 0 Å². The Morgan fingerprint density at radius 2 is 2.19 bits per heavy atom.